The lowest BCUT2D eigenvalue weighted by molar-refractivity contribution is -0.136. The van der Waals surface area contributed by atoms with E-state index < -0.39 is 48.1 Å². The van der Waals surface area contributed by atoms with Crippen LogP contribution < -0.4 is 5.73 Å². The quantitative estimate of drug-likeness (QED) is 0.651. The molecule has 0 radical (unpaired) electrons. The second-order valence-electron chi connectivity index (χ2n) is 3.55. The van der Waals surface area contributed by atoms with E-state index in [1.165, 1.54) is 0 Å². The zero-order chi connectivity index (χ0) is 13.2. The molecule has 7 heteroatoms. The fourth-order valence-corrected chi connectivity index (χ4v) is 1.32. The Kier molecular flexibility index (Phi) is 4.03. The molecule has 1 atom stereocenters. The SMILES string of the molecule is N[C@@H](CCC(F)(F)F)c1cc(F)cc(F)c1F. The van der Waals surface area contributed by atoms with E-state index in [0.717, 1.165) is 0 Å². The standard InChI is InChI=1S/C10H9F6N/c11-5-3-6(9(13)7(12)4-5)8(17)1-2-10(14,15)16/h3-4,8H,1-2,17H2/t8-/m0/s1. The molecule has 2 N–H and O–H groups in total. The van der Waals surface area contributed by atoms with Gasteiger partial charge in [-0.05, 0) is 12.5 Å². The second-order valence-corrected chi connectivity index (χ2v) is 3.55. The van der Waals surface area contributed by atoms with Crippen LogP contribution in [0.3, 0.4) is 0 Å². The third kappa shape index (κ3) is 3.92. The topological polar surface area (TPSA) is 26.0 Å². The molecular formula is C10H9F6N. The first-order chi connectivity index (χ1) is 7.70. The van der Waals surface area contributed by atoms with E-state index in [1.54, 1.807) is 0 Å². The largest absolute Gasteiger partial charge is 0.389 e. The van der Waals surface area contributed by atoms with Crippen LogP contribution in [0.1, 0.15) is 24.4 Å². The van der Waals surface area contributed by atoms with Crippen LogP contribution in [0.2, 0.25) is 0 Å². The molecule has 96 valence electrons. The molecule has 0 spiro atoms. The molecule has 0 aliphatic heterocycles. The molecule has 1 nitrogen and oxygen atoms in total. The molecule has 1 aromatic carbocycles. The summed E-state index contributed by atoms with van der Waals surface area (Å²) in [4.78, 5) is 0. The van der Waals surface area contributed by atoms with Crippen molar-refractivity contribution in [3.8, 4) is 0 Å². The average molecular weight is 257 g/mol. The van der Waals surface area contributed by atoms with Crippen LogP contribution in [0.4, 0.5) is 26.3 Å². The third-order valence-electron chi connectivity index (χ3n) is 2.16. The Bertz CT molecular complexity index is 401. The average Bonchev–Trinajstić information content (AvgIpc) is 2.19. The van der Waals surface area contributed by atoms with Gasteiger partial charge >= 0.3 is 6.18 Å². The lowest BCUT2D eigenvalue weighted by Crippen LogP contribution is -2.17. The zero-order valence-corrected chi connectivity index (χ0v) is 8.49. The summed E-state index contributed by atoms with van der Waals surface area (Å²) in [6.45, 7) is 0. The monoisotopic (exact) mass is 257 g/mol. The van der Waals surface area contributed by atoms with Gasteiger partial charge in [0.25, 0.3) is 0 Å². The minimum absolute atomic E-state index is 0.301. The summed E-state index contributed by atoms with van der Waals surface area (Å²) in [7, 11) is 0. The van der Waals surface area contributed by atoms with Crippen LogP contribution >= 0.6 is 0 Å². The predicted octanol–water partition coefficient (Wildman–Crippen LogP) is 3.45. The minimum Gasteiger partial charge on any atom is -0.324 e. The second kappa shape index (κ2) is 4.95. The van der Waals surface area contributed by atoms with Gasteiger partial charge in [0.2, 0.25) is 0 Å². The number of benzene rings is 1. The lowest BCUT2D eigenvalue weighted by Gasteiger charge is -2.14. The molecule has 0 saturated carbocycles. The van der Waals surface area contributed by atoms with Gasteiger partial charge in [-0.15, -0.1) is 0 Å². The van der Waals surface area contributed by atoms with E-state index in [-0.39, 0.29) is 0 Å². The normalized spacial score (nSPS) is 13.8. The van der Waals surface area contributed by atoms with E-state index in [9.17, 15) is 26.3 Å². The van der Waals surface area contributed by atoms with Crippen molar-refractivity contribution in [3.63, 3.8) is 0 Å². The summed E-state index contributed by atoms with van der Waals surface area (Å²) < 4.78 is 74.4. The maximum absolute atomic E-state index is 13.1. The fraction of sp³-hybridized carbons (Fsp3) is 0.400. The molecule has 17 heavy (non-hydrogen) atoms. The molecule has 1 rings (SSSR count). The Morgan fingerprint density at radius 3 is 2.24 bits per heavy atom. The van der Waals surface area contributed by atoms with Crippen molar-refractivity contribution in [2.24, 2.45) is 5.73 Å². The van der Waals surface area contributed by atoms with E-state index in [4.69, 9.17) is 5.73 Å². The molecule has 0 bridgehead atoms. The molecule has 0 amide bonds. The van der Waals surface area contributed by atoms with Crippen LogP contribution in [0, 0.1) is 17.5 Å². The van der Waals surface area contributed by atoms with Gasteiger partial charge in [0, 0.05) is 24.1 Å². The molecule has 0 fully saturated rings. The van der Waals surface area contributed by atoms with Gasteiger partial charge in [0.05, 0.1) is 0 Å². The first-order valence-electron chi connectivity index (χ1n) is 4.67. The Morgan fingerprint density at radius 1 is 1.12 bits per heavy atom. The van der Waals surface area contributed by atoms with Gasteiger partial charge in [-0.2, -0.15) is 13.2 Å². The Morgan fingerprint density at radius 2 is 1.71 bits per heavy atom. The number of alkyl halides is 3. The van der Waals surface area contributed by atoms with Crippen LogP contribution in [-0.4, -0.2) is 6.18 Å². The molecule has 0 saturated heterocycles. The van der Waals surface area contributed by atoms with Crippen molar-refractivity contribution in [2.75, 3.05) is 0 Å². The number of halogens is 6. The maximum atomic E-state index is 13.1. The van der Waals surface area contributed by atoms with E-state index in [2.05, 4.69) is 0 Å². The van der Waals surface area contributed by atoms with Crippen LogP contribution in [0.5, 0.6) is 0 Å². The Balaban J connectivity index is 2.85. The molecule has 0 heterocycles. The number of hydrogen-bond donors (Lipinski definition) is 1. The first kappa shape index (κ1) is 13.8. The summed E-state index contributed by atoms with van der Waals surface area (Å²) in [5.74, 6) is -3.97. The van der Waals surface area contributed by atoms with Gasteiger partial charge in [0.1, 0.15) is 5.82 Å². The van der Waals surface area contributed by atoms with Gasteiger partial charge in [0.15, 0.2) is 11.6 Å². The highest BCUT2D eigenvalue weighted by Crippen LogP contribution is 2.28. The summed E-state index contributed by atoms with van der Waals surface area (Å²) in [5.41, 5.74) is 4.68. The Hall–Kier alpha value is -1.24. The molecular weight excluding hydrogens is 248 g/mol. The van der Waals surface area contributed by atoms with E-state index in [0.29, 0.717) is 12.1 Å². The maximum Gasteiger partial charge on any atom is 0.389 e. The highest BCUT2D eigenvalue weighted by Gasteiger charge is 2.29. The van der Waals surface area contributed by atoms with Gasteiger partial charge < -0.3 is 5.73 Å². The van der Waals surface area contributed by atoms with Crippen molar-refractivity contribution in [2.45, 2.75) is 25.1 Å². The molecule has 0 aliphatic rings. The van der Waals surface area contributed by atoms with Gasteiger partial charge in [-0.1, -0.05) is 0 Å². The van der Waals surface area contributed by atoms with Crippen LogP contribution in [-0.2, 0) is 0 Å². The first-order valence-corrected chi connectivity index (χ1v) is 4.67. The highest BCUT2D eigenvalue weighted by atomic mass is 19.4. The third-order valence-corrected chi connectivity index (χ3v) is 2.16. The number of hydrogen-bond acceptors (Lipinski definition) is 1. The fourth-order valence-electron chi connectivity index (χ4n) is 1.32. The molecule has 1 aromatic rings. The summed E-state index contributed by atoms with van der Waals surface area (Å²) >= 11 is 0. The highest BCUT2D eigenvalue weighted by molar-refractivity contribution is 5.23. The Labute approximate surface area is 93.2 Å². The molecule has 0 unspecified atom stereocenters. The van der Waals surface area contributed by atoms with Crippen molar-refractivity contribution in [3.05, 3.63) is 35.1 Å². The lowest BCUT2D eigenvalue weighted by atomic mass is 10.0. The number of nitrogens with two attached hydrogens (primary N) is 1. The summed E-state index contributed by atoms with van der Waals surface area (Å²) in [6, 6.07) is -0.504. The number of rotatable bonds is 3. The van der Waals surface area contributed by atoms with Gasteiger partial charge in [-0.25, -0.2) is 13.2 Å². The van der Waals surface area contributed by atoms with Crippen molar-refractivity contribution < 1.29 is 26.3 Å². The van der Waals surface area contributed by atoms with Crippen LogP contribution in [0.25, 0.3) is 0 Å². The summed E-state index contributed by atoms with van der Waals surface area (Å²) in [5, 5.41) is 0. The molecule has 0 aromatic heterocycles. The zero-order valence-electron chi connectivity index (χ0n) is 8.49. The van der Waals surface area contributed by atoms with E-state index in [1.807, 2.05) is 0 Å². The molecule has 0 aliphatic carbocycles. The van der Waals surface area contributed by atoms with Crippen molar-refractivity contribution in [1.82, 2.24) is 0 Å². The minimum atomic E-state index is -4.44. The summed E-state index contributed by atoms with van der Waals surface area (Å²) in [6.07, 6.45) is -6.32. The predicted molar refractivity (Wildman–Crippen MR) is 48.5 cm³/mol. The van der Waals surface area contributed by atoms with Gasteiger partial charge in [-0.3, -0.25) is 0 Å². The van der Waals surface area contributed by atoms with Crippen molar-refractivity contribution in [1.29, 1.82) is 0 Å². The smallest absolute Gasteiger partial charge is 0.324 e. The van der Waals surface area contributed by atoms with Crippen molar-refractivity contribution >= 4 is 0 Å². The van der Waals surface area contributed by atoms with E-state index >= 15 is 0 Å². The van der Waals surface area contributed by atoms with Crippen LogP contribution in [0.15, 0.2) is 12.1 Å².